The number of hydrogen-bond acceptors (Lipinski definition) is 3. The van der Waals surface area contributed by atoms with Crippen molar-refractivity contribution < 1.29 is 4.79 Å². The standard InChI is InChI=1S/C21H20ClN3O/c1-13(14-6-8-15(22)9-7-14)23-20-12-18(21(26)24-16-10-11-16)17-4-2-3-5-19(17)25-20/h2-9,12-13,16H,10-11H2,1H3,(H,23,25)(H,24,26). The normalized spacial score (nSPS) is 14.8. The summed E-state index contributed by atoms with van der Waals surface area (Å²) in [6, 6.07) is 17.7. The van der Waals surface area contributed by atoms with Gasteiger partial charge in [-0.15, -0.1) is 0 Å². The number of fused-ring (bicyclic) bond motifs is 1. The summed E-state index contributed by atoms with van der Waals surface area (Å²) >= 11 is 5.97. The minimum Gasteiger partial charge on any atom is -0.364 e. The van der Waals surface area contributed by atoms with E-state index in [2.05, 4.69) is 22.5 Å². The molecule has 26 heavy (non-hydrogen) atoms. The van der Waals surface area contributed by atoms with Crippen LogP contribution in [0.25, 0.3) is 10.9 Å². The predicted octanol–water partition coefficient (Wildman–Crippen LogP) is 4.95. The zero-order chi connectivity index (χ0) is 18.1. The number of hydrogen-bond donors (Lipinski definition) is 2. The van der Waals surface area contributed by atoms with Crippen molar-refractivity contribution in [2.45, 2.75) is 31.8 Å². The Bertz CT molecular complexity index is 951. The van der Waals surface area contributed by atoms with Crippen LogP contribution in [0.4, 0.5) is 5.82 Å². The summed E-state index contributed by atoms with van der Waals surface area (Å²) in [4.78, 5) is 17.4. The maximum absolute atomic E-state index is 12.7. The van der Waals surface area contributed by atoms with Crippen LogP contribution in [-0.2, 0) is 0 Å². The molecule has 1 aliphatic rings. The van der Waals surface area contributed by atoms with Gasteiger partial charge < -0.3 is 10.6 Å². The van der Waals surface area contributed by atoms with Crippen LogP contribution < -0.4 is 10.6 Å². The van der Waals surface area contributed by atoms with Crippen LogP contribution in [0.5, 0.6) is 0 Å². The van der Waals surface area contributed by atoms with Crippen LogP contribution >= 0.6 is 11.6 Å². The molecule has 1 aliphatic carbocycles. The van der Waals surface area contributed by atoms with Crippen molar-refractivity contribution in [1.82, 2.24) is 10.3 Å². The second-order valence-electron chi connectivity index (χ2n) is 6.74. The van der Waals surface area contributed by atoms with Gasteiger partial charge in [0.2, 0.25) is 0 Å². The number of halogens is 1. The molecular formula is C21H20ClN3O. The third-order valence-corrected chi connectivity index (χ3v) is 4.86. The number of benzene rings is 2. The molecule has 1 saturated carbocycles. The van der Waals surface area contributed by atoms with Crippen molar-refractivity contribution in [2.24, 2.45) is 0 Å². The van der Waals surface area contributed by atoms with Crippen LogP contribution in [0.1, 0.15) is 41.7 Å². The van der Waals surface area contributed by atoms with E-state index in [0.717, 1.165) is 29.3 Å². The third-order valence-electron chi connectivity index (χ3n) is 4.61. The largest absolute Gasteiger partial charge is 0.364 e. The van der Waals surface area contributed by atoms with Crippen molar-refractivity contribution in [3.8, 4) is 0 Å². The summed E-state index contributed by atoms with van der Waals surface area (Å²) in [5.41, 5.74) is 2.57. The predicted molar refractivity (Wildman–Crippen MR) is 106 cm³/mol. The summed E-state index contributed by atoms with van der Waals surface area (Å²) in [6.45, 7) is 2.06. The fourth-order valence-corrected chi connectivity index (χ4v) is 3.11. The van der Waals surface area contributed by atoms with Gasteiger partial charge in [-0.2, -0.15) is 0 Å². The van der Waals surface area contributed by atoms with Crippen molar-refractivity contribution in [2.75, 3.05) is 5.32 Å². The van der Waals surface area contributed by atoms with Gasteiger partial charge in [-0.25, -0.2) is 4.98 Å². The molecule has 1 amide bonds. The fourth-order valence-electron chi connectivity index (χ4n) is 2.98. The van der Waals surface area contributed by atoms with Gasteiger partial charge in [-0.1, -0.05) is 41.9 Å². The Morgan fingerprint density at radius 2 is 1.88 bits per heavy atom. The van der Waals surface area contributed by atoms with Gasteiger partial charge in [0.15, 0.2) is 0 Å². The van der Waals surface area contributed by atoms with E-state index < -0.39 is 0 Å². The second-order valence-corrected chi connectivity index (χ2v) is 7.17. The Morgan fingerprint density at radius 3 is 2.62 bits per heavy atom. The van der Waals surface area contributed by atoms with Gasteiger partial charge in [0.1, 0.15) is 5.82 Å². The molecule has 3 aromatic rings. The summed E-state index contributed by atoms with van der Waals surface area (Å²) in [5, 5.41) is 8.05. The summed E-state index contributed by atoms with van der Waals surface area (Å²) in [5.74, 6) is 0.653. The minimum absolute atomic E-state index is 0.0340. The molecule has 4 rings (SSSR count). The number of nitrogens with zero attached hydrogens (tertiary/aromatic N) is 1. The monoisotopic (exact) mass is 365 g/mol. The van der Waals surface area contributed by atoms with E-state index in [-0.39, 0.29) is 11.9 Å². The smallest absolute Gasteiger partial charge is 0.252 e. The maximum Gasteiger partial charge on any atom is 0.252 e. The Hall–Kier alpha value is -2.59. The number of carbonyl (C=O) groups is 1. The van der Waals surface area contributed by atoms with E-state index in [4.69, 9.17) is 11.6 Å². The van der Waals surface area contributed by atoms with Crippen molar-refractivity contribution in [3.05, 3.63) is 70.7 Å². The van der Waals surface area contributed by atoms with Gasteiger partial charge >= 0.3 is 0 Å². The number of aromatic nitrogens is 1. The SMILES string of the molecule is CC(Nc1cc(C(=O)NC2CC2)c2ccccc2n1)c1ccc(Cl)cc1. The number of pyridine rings is 1. The lowest BCUT2D eigenvalue weighted by Gasteiger charge is -2.17. The highest BCUT2D eigenvalue weighted by atomic mass is 35.5. The average molecular weight is 366 g/mol. The molecular weight excluding hydrogens is 346 g/mol. The van der Waals surface area contributed by atoms with Gasteiger partial charge in [0.25, 0.3) is 5.91 Å². The Balaban J connectivity index is 1.66. The number of anilines is 1. The molecule has 0 aliphatic heterocycles. The average Bonchev–Trinajstić information content (AvgIpc) is 3.45. The molecule has 5 heteroatoms. The number of para-hydroxylation sites is 1. The quantitative estimate of drug-likeness (QED) is 0.672. The fraction of sp³-hybridized carbons (Fsp3) is 0.238. The zero-order valence-electron chi connectivity index (χ0n) is 14.5. The Kier molecular flexibility index (Phi) is 4.51. The summed E-state index contributed by atoms with van der Waals surface area (Å²) < 4.78 is 0. The van der Waals surface area contributed by atoms with Gasteiger partial charge in [-0.05, 0) is 49.6 Å². The van der Waals surface area contributed by atoms with Gasteiger partial charge in [0.05, 0.1) is 11.1 Å². The maximum atomic E-state index is 12.7. The Labute approximate surface area is 157 Å². The van der Waals surface area contributed by atoms with Crippen molar-refractivity contribution >= 4 is 34.2 Å². The number of nitrogens with one attached hydrogen (secondary N) is 2. The van der Waals surface area contributed by atoms with Crippen LogP contribution in [0.3, 0.4) is 0 Å². The zero-order valence-corrected chi connectivity index (χ0v) is 15.3. The first-order valence-electron chi connectivity index (χ1n) is 8.83. The van der Waals surface area contributed by atoms with Crippen LogP contribution in [0, 0.1) is 0 Å². The summed E-state index contributed by atoms with van der Waals surface area (Å²) in [6.07, 6.45) is 2.13. The molecule has 1 atom stereocenters. The molecule has 1 fully saturated rings. The molecule has 0 bridgehead atoms. The first-order valence-corrected chi connectivity index (χ1v) is 9.20. The van der Waals surface area contributed by atoms with E-state index >= 15 is 0 Å². The first kappa shape index (κ1) is 16.9. The molecule has 0 saturated heterocycles. The number of amides is 1. The highest BCUT2D eigenvalue weighted by molar-refractivity contribution is 6.30. The first-order chi connectivity index (χ1) is 12.6. The van der Waals surface area contributed by atoms with E-state index in [9.17, 15) is 4.79 Å². The van der Waals surface area contributed by atoms with Crippen molar-refractivity contribution in [1.29, 1.82) is 0 Å². The molecule has 1 heterocycles. The molecule has 1 unspecified atom stereocenters. The highest BCUT2D eigenvalue weighted by Gasteiger charge is 2.25. The van der Waals surface area contributed by atoms with E-state index in [1.165, 1.54) is 0 Å². The lowest BCUT2D eigenvalue weighted by atomic mass is 10.1. The van der Waals surface area contributed by atoms with Gasteiger partial charge in [-0.3, -0.25) is 4.79 Å². The highest BCUT2D eigenvalue weighted by Crippen LogP contribution is 2.26. The lowest BCUT2D eigenvalue weighted by molar-refractivity contribution is 0.0952. The van der Waals surface area contributed by atoms with Crippen molar-refractivity contribution in [3.63, 3.8) is 0 Å². The molecule has 2 N–H and O–H groups in total. The van der Waals surface area contributed by atoms with E-state index in [1.807, 2.05) is 54.6 Å². The molecule has 2 aromatic carbocycles. The van der Waals surface area contributed by atoms with Gasteiger partial charge in [0, 0.05) is 22.5 Å². The Morgan fingerprint density at radius 1 is 1.15 bits per heavy atom. The van der Waals surface area contributed by atoms with E-state index in [1.54, 1.807) is 0 Å². The number of carbonyl (C=O) groups excluding carboxylic acids is 1. The van der Waals surface area contributed by atoms with Crippen LogP contribution in [0.2, 0.25) is 5.02 Å². The summed E-state index contributed by atoms with van der Waals surface area (Å²) in [7, 11) is 0. The third kappa shape index (κ3) is 3.65. The minimum atomic E-state index is -0.0340. The van der Waals surface area contributed by atoms with Crippen LogP contribution in [-0.4, -0.2) is 16.9 Å². The molecule has 0 spiro atoms. The second kappa shape index (κ2) is 6.96. The molecule has 1 aromatic heterocycles. The van der Waals surface area contributed by atoms with E-state index in [0.29, 0.717) is 22.4 Å². The lowest BCUT2D eigenvalue weighted by Crippen LogP contribution is -2.26. The molecule has 0 radical (unpaired) electrons. The number of rotatable bonds is 5. The molecule has 4 nitrogen and oxygen atoms in total. The molecule has 132 valence electrons. The topological polar surface area (TPSA) is 54.0 Å². The van der Waals surface area contributed by atoms with Crippen LogP contribution in [0.15, 0.2) is 54.6 Å².